The molecule has 1 heterocycles. The molecule has 0 saturated carbocycles. The second-order valence-corrected chi connectivity index (χ2v) is 6.17. The summed E-state index contributed by atoms with van der Waals surface area (Å²) in [5.41, 5.74) is 0.101. The minimum atomic E-state index is -0.698. The molecule has 0 aromatic carbocycles. The lowest BCUT2D eigenvalue weighted by Crippen LogP contribution is -2.51. The maximum absolute atomic E-state index is 10.7. The van der Waals surface area contributed by atoms with Crippen LogP contribution in [0, 0.1) is 5.92 Å². The number of carboxylic acids is 1. The van der Waals surface area contributed by atoms with E-state index in [2.05, 4.69) is 37.9 Å². The van der Waals surface area contributed by atoms with Crippen molar-refractivity contribution in [3.05, 3.63) is 0 Å². The Bertz CT molecular complexity index is 261. The van der Waals surface area contributed by atoms with Crippen molar-refractivity contribution < 1.29 is 9.90 Å². The molecule has 1 saturated heterocycles. The summed E-state index contributed by atoms with van der Waals surface area (Å²) in [6.45, 7) is 11.8. The predicted octanol–water partition coefficient (Wildman–Crippen LogP) is 1.56. The van der Waals surface area contributed by atoms with E-state index in [1.54, 1.807) is 0 Å². The molecule has 2 unspecified atom stereocenters. The van der Waals surface area contributed by atoms with Crippen LogP contribution in [0.3, 0.4) is 0 Å². The van der Waals surface area contributed by atoms with E-state index >= 15 is 0 Å². The number of rotatable bonds is 3. The molecule has 17 heavy (non-hydrogen) atoms. The summed E-state index contributed by atoms with van der Waals surface area (Å²) in [6.07, 6.45) is 0.986. The van der Waals surface area contributed by atoms with Gasteiger partial charge in [-0.05, 0) is 39.7 Å². The van der Waals surface area contributed by atoms with Crippen LogP contribution < -0.4 is 5.32 Å². The predicted molar refractivity (Wildman–Crippen MR) is 69.2 cm³/mol. The Hall–Kier alpha value is -0.610. The lowest BCUT2D eigenvalue weighted by atomic mass is 9.98. The van der Waals surface area contributed by atoms with Crippen LogP contribution in [0.5, 0.6) is 0 Å². The molecule has 4 heteroatoms. The van der Waals surface area contributed by atoms with Crippen LogP contribution in [0.4, 0.5) is 0 Å². The van der Waals surface area contributed by atoms with Crippen molar-refractivity contribution in [2.75, 3.05) is 19.6 Å². The van der Waals surface area contributed by atoms with E-state index in [-0.39, 0.29) is 12.0 Å². The highest BCUT2D eigenvalue weighted by molar-refractivity contribution is 5.66. The number of nitrogens with zero attached hydrogens (tertiary/aromatic N) is 1. The summed E-state index contributed by atoms with van der Waals surface area (Å²) in [5, 5.41) is 12.3. The molecule has 0 aromatic heterocycles. The molecule has 1 aliphatic rings. The smallest absolute Gasteiger partial charge is 0.303 e. The summed E-state index contributed by atoms with van der Waals surface area (Å²) < 4.78 is 0. The van der Waals surface area contributed by atoms with Crippen molar-refractivity contribution in [3.8, 4) is 0 Å². The highest BCUT2D eigenvalue weighted by Gasteiger charge is 2.31. The molecule has 100 valence electrons. The van der Waals surface area contributed by atoms with Gasteiger partial charge in [-0.25, -0.2) is 0 Å². The molecule has 2 atom stereocenters. The van der Waals surface area contributed by atoms with Crippen molar-refractivity contribution in [3.63, 3.8) is 0 Å². The number of hydrogen-bond donors (Lipinski definition) is 2. The Morgan fingerprint density at radius 1 is 1.41 bits per heavy atom. The zero-order valence-electron chi connectivity index (χ0n) is 11.5. The summed E-state index contributed by atoms with van der Waals surface area (Å²) in [5.74, 6) is -0.0831. The van der Waals surface area contributed by atoms with Crippen molar-refractivity contribution in [1.29, 1.82) is 0 Å². The second-order valence-electron chi connectivity index (χ2n) is 6.17. The molecule has 0 amide bonds. The Morgan fingerprint density at radius 3 is 2.59 bits per heavy atom. The van der Waals surface area contributed by atoms with Gasteiger partial charge in [0.25, 0.3) is 0 Å². The summed E-state index contributed by atoms with van der Waals surface area (Å²) in [4.78, 5) is 13.2. The van der Waals surface area contributed by atoms with Gasteiger partial charge >= 0.3 is 5.97 Å². The van der Waals surface area contributed by atoms with Gasteiger partial charge in [-0.15, -0.1) is 0 Å². The van der Waals surface area contributed by atoms with Crippen LogP contribution in [-0.2, 0) is 4.79 Å². The molecule has 0 bridgehead atoms. The van der Waals surface area contributed by atoms with E-state index in [0.717, 1.165) is 26.1 Å². The van der Waals surface area contributed by atoms with Gasteiger partial charge in [-0.3, -0.25) is 9.69 Å². The fourth-order valence-electron chi connectivity index (χ4n) is 2.53. The summed E-state index contributed by atoms with van der Waals surface area (Å²) in [6, 6.07) is 0.330. The topological polar surface area (TPSA) is 52.6 Å². The molecule has 0 spiro atoms. The molecule has 2 N–H and O–H groups in total. The molecule has 0 radical (unpaired) electrons. The number of aliphatic carboxylic acids is 1. The SMILES string of the molecule is CC1CNCC(CCC(=O)O)N(C(C)(C)C)C1. The van der Waals surface area contributed by atoms with Gasteiger partial charge in [0.05, 0.1) is 0 Å². The molecule has 0 aliphatic carbocycles. The third-order valence-electron chi connectivity index (χ3n) is 3.37. The van der Waals surface area contributed by atoms with Crippen LogP contribution in [0.25, 0.3) is 0 Å². The first kappa shape index (κ1) is 14.5. The number of carbonyl (C=O) groups is 1. The van der Waals surface area contributed by atoms with E-state index in [1.807, 2.05) is 0 Å². The Balaban J connectivity index is 2.70. The Kier molecular flexibility index (Phi) is 4.95. The average molecular weight is 242 g/mol. The molecule has 4 nitrogen and oxygen atoms in total. The summed E-state index contributed by atoms with van der Waals surface area (Å²) >= 11 is 0. The van der Waals surface area contributed by atoms with Crippen molar-refractivity contribution >= 4 is 5.97 Å². The van der Waals surface area contributed by atoms with Gasteiger partial charge in [0.1, 0.15) is 0 Å². The maximum Gasteiger partial charge on any atom is 0.303 e. The minimum absolute atomic E-state index is 0.101. The monoisotopic (exact) mass is 242 g/mol. The van der Waals surface area contributed by atoms with E-state index in [0.29, 0.717) is 12.0 Å². The van der Waals surface area contributed by atoms with Crippen molar-refractivity contribution in [2.24, 2.45) is 5.92 Å². The van der Waals surface area contributed by atoms with Gasteiger partial charge in [0.15, 0.2) is 0 Å². The third kappa shape index (κ3) is 4.64. The van der Waals surface area contributed by atoms with Gasteiger partial charge < -0.3 is 10.4 Å². The first-order valence-corrected chi connectivity index (χ1v) is 6.50. The Labute approximate surface area is 104 Å². The van der Waals surface area contributed by atoms with Gasteiger partial charge in [-0.2, -0.15) is 0 Å². The van der Waals surface area contributed by atoms with Gasteiger partial charge in [0.2, 0.25) is 0 Å². The zero-order chi connectivity index (χ0) is 13.1. The van der Waals surface area contributed by atoms with Crippen molar-refractivity contribution in [1.82, 2.24) is 10.2 Å². The lowest BCUT2D eigenvalue weighted by molar-refractivity contribution is -0.137. The Morgan fingerprint density at radius 2 is 2.06 bits per heavy atom. The molecule has 0 aromatic rings. The van der Waals surface area contributed by atoms with Crippen LogP contribution in [0.2, 0.25) is 0 Å². The van der Waals surface area contributed by atoms with Crippen LogP contribution in [-0.4, -0.2) is 47.2 Å². The molecular weight excluding hydrogens is 216 g/mol. The lowest BCUT2D eigenvalue weighted by Gasteiger charge is -2.41. The summed E-state index contributed by atoms with van der Waals surface area (Å²) in [7, 11) is 0. The molecule has 1 fully saturated rings. The number of nitrogens with one attached hydrogen (secondary N) is 1. The number of hydrogen-bond acceptors (Lipinski definition) is 3. The van der Waals surface area contributed by atoms with E-state index in [9.17, 15) is 4.79 Å². The minimum Gasteiger partial charge on any atom is -0.481 e. The van der Waals surface area contributed by atoms with E-state index < -0.39 is 5.97 Å². The number of carboxylic acid groups (broad SMARTS) is 1. The first-order valence-electron chi connectivity index (χ1n) is 6.50. The van der Waals surface area contributed by atoms with Gasteiger partial charge in [0, 0.05) is 31.1 Å². The highest BCUT2D eigenvalue weighted by atomic mass is 16.4. The third-order valence-corrected chi connectivity index (χ3v) is 3.37. The largest absolute Gasteiger partial charge is 0.481 e. The van der Waals surface area contributed by atoms with Crippen LogP contribution in [0.1, 0.15) is 40.5 Å². The molecular formula is C13H26N2O2. The second kappa shape index (κ2) is 5.83. The fraction of sp³-hybridized carbons (Fsp3) is 0.923. The first-order chi connectivity index (χ1) is 7.80. The van der Waals surface area contributed by atoms with E-state index in [4.69, 9.17) is 5.11 Å². The van der Waals surface area contributed by atoms with Crippen LogP contribution >= 0.6 is 0 Å². The fourth-order valence-corrected chi connectivity index (χ4v) is 2.53. The normalized spacial score (nSPS) is 27.8. The quantitative estimate of drug-likeness (QED) is 0.788. The zero-order valence-corrected chi connectivity index (χ0v) is 11.5. The van der Waals surface area contributed by atoms with Crippen LogP contribution in [0.15, 0.2) is 0 Å². The standard InChI is InChI=1S/C13H26N2O2/c1-10-7-14-8-11(5-6-12(16)17)15(9-10)13(2,3)4/h10-11,14H,5-9H2,1-4H3,(H,16,17). The maximum atomic E-state index is 10.7. The highest BCUT2D eigenvalue weighted by Crippen LogP contribution is 2.23. The van der Waals surface area contributed by atoms with E-state index in [1.165, 1.54) is 0 Å². The van der Waals surface area contributed by atoms with Gasteiger partial charge in [-0.1, -0.05) is 6.92 Å². The average Bonchev–Trinajstić information content (AvgIpc) is 2.36. The van der Waals surface area contributed by atoms with Crippen molar-refractivity contribution in [2.45, 2.75) is 52.1 Å². The molecule has 1 aliphatic heterocycles. The molecule has 1 rings (SSSR count).